The van der Waals surface area contributed by atoms with E-state index in [0.717, 1.165) is 32.1 Å². The number of amides is 1. The van der Waals surface area contributed by atoms with Crippen molar-refractivity contribution in [3.8, 4) is 0 Å². The van der Waals surface area contributed by atoms with Gasteiger partial charge in [0.25, 0.3) is 0 Å². The van der Waals surface area contributed by atoms with Gasteiger partial charge in [-0.1, -0.05) is 0 Å². The van der Waals surface area contributed by atoms with Crippen molar-refractivity contribution in [2.24, 2.45) is 11.7 Å². The van der Waals surface area contributed by atoms with Crippen LogP contribution in [0.5, 0.6) is 0 Å². The van der Waals surface area contributed by atoms with E-state index in [4.69, 9.17) is 10.5 Å². The van der Waals surface area contributed by atoms with Crippen LogP contribution in [0.25, 0.3) is 0 Å². The zero-order chi connectivity index (χ0) is 11.5. The van der Waals surface area contributed by atoms with Gasteiger partial charge in [0, 0.05) is 0 Å². The van der Waals surface area contributed by atoms with Crippen LogP contribution >= 0.6 is 0 Å². The zero-order valence-corrected chi connectivity index (χ0v) is 9.53. The number of rotatable bonds is 3. The summed E-state index contributed by atoms with van der Waals surface area (Å²) in [6.45, 7) is 3.76. The van der Waals surface area contributed by atoms with Gasteiger partial charge in [0.05, 0.1) is 6.10 Å². The van der Waals surface area contributed by atoms with Crippen LogP contribution in [0.4, 0.5) is 4.79 Å². The smallest absolute Gasteiger partial charge is 0.405 e. The largest absolute Gasteiger partial charge is 0.444 e. The lowest BCUT2D eigenvalue weighted by atomic mass is 9.81. The highest BCUT2D eigenvalue weighted by molar-refractivity contribution is 5.65. The maximum atomic E-state index is 10.7. The molecule has 1 aliphatic rings. The van der Waals surface area contributed by atoms with E-state index in [-0.39, 0.29) is 6.10 Å². The molecule has 0 bridgehead atoms. The molecule has 0 spiro atoms. The van der Waals surface area contributed by atoms with Gasteiger partial charge in [-0.15, -0.1) is 0 Å². The SMILES string of the molecule is CC(C)(C[C@H]1CC[C@@H](O)CC1)OC(N)=O. The van der Waals surface area contributed by atoms with Crippen molar-refractivity contribution in [3.05, 3.63) is 0 Å². The molecule has 4 heteroatoms. The van der Waals surface area contributed by atoms with Crippen molar-refractivity contribution in [2.45, 2.75) is 57.7 Å². The summed E-state index contributed by atoms with van der Waals surface area (Å²) in [7, 11) is 0. The van der Waals surface area contributed by atoms with Gasteiger partial charge >= 0.3 is 6.09 Å². The average molecular weight is 215 g/mol. The number of aliphatic hydroxyl groups is 1. The first-order valence-electron chi connectivity index (χ1n) is 5.55. The molecule has 0 atom stereocenters. The Morgan fingerprint density at radius 3 is 2.40 bits per heavy atom. The molecule has 0 aliphatic heterocycles. The molecule has 1 rings (SSSR count). The molecule has 0 aromatic carbocycles. The Morgan fingerprint density at radius 2 is 1.93 bits per heavy atom. The summed E-state index contributed by atoms with van der Waals surface area (Å²) in [6, 6.07) is 0. The molecule has 0 aromatic heterocycles. The number of hydrogen-bond donors (Lipinski definition) is 2. The molecular formula is C11H21NO3. The topological polar surface area (TPSA) is 72.6 Å². The van der Waals surface area contributed by atoms with Crippen molar-refractivity contribution >= 4 is 6.09 Å². The Labute approximate surface area is 90.8 Å². The lowest BCUT2D eigenvalue weighted by Crippen LogP contribution is -2.34. The minimum Gasteiger partial charge on any atom is -0.444 e. The molecule has 0 aromatic rings. The van der Waals surface area contributed by atoms with Crippen LogP contribution in [-0.4, -0.2) is 22.9 Å². The van der Waals surface area contributed by atoms with Gasteiger partial charge in [-0.2, -0.15) is 0 Å². The summed E-state index contributed by atoms with van der Waals surface area (Å²) in [6.07, 6.45) is 3.70. The van der Waals surface area contributed by atoms with Gasteiger partial charge in [0.15, 0.2) is 0 Å². The van der Waals surface area contributed by atoms with Crippen LogP contribution < -0.4 is 5.73 Å². The molecule has 3 N–H and O–H groups in total. The Bertz CT molecular complexity index is 220. The van der Waals surface area contributed by atoms with Crippen LogP contribution in [0, 0.1) is 5.92 Å². The van der Waals surface area contributed by atoms with Crippen molar-refractivity contribution in [1.29, 1.82) is 0 Å². The van der Waals surface area contributed by atoms with Gasteiger partial charge in [0.1, 0.15) is 5.60 Å². The van der Waals surface area contributed by atoms with Crippen LogP contribution in [0.3, 0.4) is 0 Å². The second-order valence-electron chi connectivity index (χ2n) is 5.06. The molecule has 0 heterocycles. The highest BCUT2D eigenvalue weighted by atomic mass is 16.6. The standard InChI is InChI=1S/C11H21NO3/c1-11(2,15-10(12)14)7-8-3-5-9(13)6-4-8/h8-9,13H,3-7H2,1-2H3,(H2,12,14)/t8-,9+. The number of nitrogens with two attached hydrogens (primary N) is 1. The van der Waals surface area contributed by atoms with Crippen molar-refractivity contribution in [1.82, 2.24) is 0 Å². The molecular weight excluding hydrogens is 194 g/mol. The fourth-order valence-corrected chi connectivity index (χ4v) is 2.36. The van der Waals surface area contributed by atoms with Crippen LogP contribution in [-0.2, 0) is 4.74 Å². The third kappa shape index (κ3) is 4.51. The molecule has 0 radical (unpaired) electrons. The minimum atomic E-state index is -0.712. The normalized spacial score (nSPS) is 27.4. The first-order valence-corrected chi connectivity index (χ1v) is 5.55. The fraction of sp³-hybridized carbons (Fsp3) is 0.909. The third-order valence-corrected chi connectivity index (χ3v) is 2.97. The number of carbonyl (C=O) groups excluding carboxylic acids is 1. The summed E-state index contributed by atoms with van der Waals surface area (Å²) >= 11 is 0. The first-order chi connectivity index (χ1) is 6.89. The van der Waals surface area contributed by atoms with Gasteiger partial charge < -0.3 is 15.6 Å². The predicted octanol–water partition coefficient (Wildman–Crippen LogP) is 1.80. The quantitative estimate of drug-likeness (QED) is 0.754. The van der Waals surface area contributed by atoms with Gasteiger partial charge in [-0.3, -0.25) is 0 Å². The number of hydrogen-bond acceptors (Lipinski definition) is 3. The van der Waals surface area contributed by atoms with E-state index in [0.29, 0.717) is 5.92 Å². The minimum absolute atomic E-state index is 0.138. The number of carbonyl (C=O) groups is 1. The van der Waals surface area contributed by atoms with E-state index in [1.807, 2.05) is 13.8 Å². The second-order valence-corrected chi connectivity index (χ2v) is 5.06. The van der Waals surface area contributed by atoms with Crippen LogP contribution in [0.2, 0.25) is 0 Å². The predicted molar refractivity (Wildman–Crippen MR) is 57.3 cm³/mol. The number of ether oxygens (including phenoxy) is 1. The maximum Gasteiger partial charge on any atom is 0.405 e. The van der Waals surface area contributed by atoms with Gasteiger partial charge in [-0.25, -0.2) is 4.79 Å². The Balaban J connectivity index is 2.36. The average Bonchev–Trinajstić information content (AvgIpc) is 2.06. The van der Waals surface area contributed by atoms with Crippen molar-refractivity contribution in [3.63, 3.8) is 0 Å². The van der Waals surface area contributed by atoms with Crippen LogP contribution in [0.1, 0.15) is 46.0 Å². The van der Waals surface area contributed by atoms with Gasteiger partial charge in [-0.05, 0) is 51.9 Å². The lowest BCUT2D eigenvalue weighted by molar-refractivity contribution is 0.0131. The molecule has 4 nitrogen and oxygen atoms in total. The Morgan fingerprint density at radius 1 is 1.40 bits per heavy atom. The monoisotopic (exact) mass is 215 g/mol. The van der Waals surface area contributed by atoms with E-state index in [2.05, 4.69) is 0 Å². The number of primary amides is 1. The van der Waals surface area contributed by atoms with E-state index in [1.165, 1.54) is 0 Å². The first kappa shape index (κ1) is 12.3. The summed E-state index contributed by atoms with van der Waals surface area (Å²) in [5, 5.41) is 9.37. The molecule has 1 amide bonds. The van der Waals surface area contributed by atoms with Crippen molar-refractivity contribution in [2.75, 3.05) is 0 Å². The summed E-state index contributed by atoms with van der Waals surface area (Å²) in [5.74, 6) is 0.530. The van der Waals surface area contributed by atoms with E-state index < -0.39 is 11.7 Å². The molecule has 1 aliphatic carbocycles. The summed E-state index contributed by atoms with van der Waals surface area (Å²) in [4.78, 5) is 10.7. The number of aliphatic hydroxyl groups excluding tert-OH is 1. The molecule has 88 valence electrons. The van der Waals surface area contributed by atoms with Gasteiger partial charge in [0.2, 0.25) is 0 Å². The highest BCUT2D eigenvalue weighted by Crippen LogP contribution is 2.32. The fourth-order valence-electron chi connectivity index (χ4n) is 2.36. The maximum absolute atomic E-state index is 10.7. The molecule has 0 unspecified atom stereocenters. The van der Waals surface area contributed by atoms with E-state index in [9.17, 15) is 9.90 Å². The van der Waals surface area contributed by atoms with E-state index in [1.54, 1.807) is 0 Å². The molecule has 15 heavy (non-hydrogen) atoms. The van der Waals surface area contributed by atoms with E-state index >= 15 is 0 Å². The lowest BCUT2D eigenvalue weighted by Gasteiger charge is -2.32. The Kier molecular flexibility index (Phi) is 3.97. The highest BCUT2D eigenvalue weighted by Gasteiger charge is 2.29. The molecule has 0 saturated heterocycles. The van der Waals surface area contributed by atoms with Crippen molar-refractivity contribution < 1.29 is 14.6 Å². The third-order valence-electron chi connectivity index (χ3n) is 2.97. The molecule has 1 fully saturated rings. The summed E-state index contributed by atoms with van der Waals surface area (Å²) in [5.41, 5.74) is 4.52. The van der Waals surface area contributed by atoms with Crippen LogP contribution in [0.15, 0.2) is 0 Å². The zero-order valence-electron chi connectivity index (χ0n) is 9.53. The Hall–Kier alpha value is -0.770. The summed E-state index contributed by atoms with van der Waals surface area (Å²) < 4.78 is 5.04. The second kappa shape index (κ2) is 4.84. The molecule has 1 saturated carbocycles.